The topological polar surface area (TPSA) is 75.3 Å². The first-order valence-electron chi connectivity index (χ1n) is 6.63. The summed E-state index contributed by atoms with van der Waals surface area (Å²) in [6.45, 7) is 1.45. The van der Waals surface area contributed by atoms with Crippen molar-refractivity contribution in [3.63, 3.8) is 0 Å². The Morgan fingerprint density at radius 3 is 2.30 bits per heavy atom. The van der Waals surface area contributed by atoms with E-state index in [0.29, 0.717) is 15.7 Å². The Morgan fingerprint density at radius 2 is 1.70 bits per heavy atom. The van der Waals surface area contributed by atoms with Crippen LogP contribution in [0.4, 0.5) is 5.69 Å². The lowest BCUT2D eigenvalue weighted by Crippen LogP contribution is -2.41. The van der Waals surface area contributed by atoms with Crippen molar-refractivity contribution in [1.82, 2.24) is 4.72 Å². The highest BCUT2D eigenvalue weighted by molar-refractivity contribution is 7.89. The Hall–Kier alpha value is -1.60. The van der Waals surface area contributed by atoms with Crippen molar-refractivity contribution in [2.45, 2.75) is 17.9 Å². The predicted octanol–water partition coefficient (Wildman–Crippen LogP) is 3.30. The normalized spacial score (nSPS) is 12.7. The monoisotopic (exact) mass is 372 g/mol. The lowest BCUT2D eigenvalue weighted by molar-refractivity contribution is -0.117. The molecule has 122 valence electrons. The van der Waals surface area contributed by atoms with Crippen LogP contribution in [0.1, 0.15) is 6.92 Å². The minimum absolute atomic E-state index is 0.0918. The summed E-state index contributed by atoms with van der Waals surface area (Å²) < 4.78 is 26.7. The van der Waals surface area contributed by atoms with Gasteiger partial charge in [0.2, 0.25) is 15.9 Å². The molecule has 2 N–H and O–H groups in total. The molecule has 2 rings (SSSR count). The molecule has 0 saturated heterocycles. The third-order valence-corrected chi connectivity index (χ3v) is 5.26. The molecule has 0 bridgehead atoms. The number of sulfonamides is 1. The first kappa shape index (κ1) is 17.7. The quantitative estimate of drug-likeness (QED) is 0.845. The third kappa shape index (κ3) is 4.68. The van der Waals surface area contributed by atoms with Gasteiger partial charge in [-0.1, -0.05) is 41.4 Å². The van der Waals surface area contributed by atoms with Gasteiger partial charge in [-0.25, -0.2) is 8.42 Å². The minimum atomic E-state index is -3.77. The molecule has 1 amide bonds. The summed E-state index contributed by atoms with van der Waals surface area (Å²) in [7, 11) is -3.77. The highest BCUT2D eigenvalue weighted by atomic mass is 35.5. The van der Waals surface area contributed by atoms with Gasteiger partial charge in [0.1, 0.15) is 0 Å². The first-order valence-corrected chi connectivity index (χ1v) is 8.87. The molecule has 0 aliphatic carbocycles. The van der Waals surface area contributed by atoms with E-state index < -0.39 is 22.0 Å². The second-order valence-electron chi connectivity index (χ2n) is 4.77. The molecule has 8 heteroatoms. The fourth-order valence-corrected chi connectivity index (χ4v) is 3.30. The Balaban J connectivity index is 2.06. The molecular formula is C15H14Cl2N2O3S. The molecule has 0 radical (unpaired) electrons. The van der Waals surface area contributed by atoms with Gasteiger partial charge in [-0.3, -0.25) is 4.79 Å². The van der Waals surface area contributed by atoms with Crippen LogP contribution < -0.4 is 10.0 Å². The Kier molecular flexibility index (Phi) is 5.64. The van der Waals surface area contributed by atoms with Crippen LogP contribution in [0.25, 0.3) is 0 Å². The van der Waals surface area contributed by atoms with E-state index in [0.717, 1.165) is 0 Å². The molecular weight excluding hydrogens is 359 g/mol. The molecule has 23 heavy (non-hydrogen) atoms. The van der Waals surface area contributed by atoms with Gasteiger partial charge in [-0.05, 0) is 37.3 Å². The summed E-state index contributed by atoms with van der Waals surface area (Å²) >= 11 is 11.7. The number of anilines is 1. The van der Waals surface area contributed by atoms with Gasteiger partial charge in [0.25, 0.3) is 0 Å². The van der Waals surface area contributed by atoms with Crippen LogP contribution in [0.2, 0.25) is 10.0 Å². The van der Waals surface area contributed by atoms with Crippen molar-refractivity contribution in [3.8, 4) is 0 Å². The third-order valence-electron chi connectivity index (χ3n) is 2.97. The maximum Gasteiger partial charge on any atom is 0.242 e. The maximum atomic E-state index is 12.2. The number of halogens is 2. The van der Waals surface area contributed by atoms with E-state index in [1.165, 1.54) is 31.2 Å². The lowest BCUT2D eigenvalue weighted by Gasteiger charge is -2.14. The molecule has 0 aromatic heterocycles. The van der Waals surface area contributed by atoms with E-state index in [1.54, 1.807) is 24.3 Å². The van der Waals surface area contributed by atoms with E-state index in [9.17, 15) is 13.2 Å². The van der Waals surface area contributed by atoms with Crippen molar-refractivity contribution in [1.29, 1.82) is 0 Å². The van der Waals surface area contributed by atoms with Crippen molar-refractivity contribution in [2.75, 3.05) is 5.32 Å². The number of nitrogens with one attached hydrogen (secondary N) is 2. The summed E-state index contributed by atoms with van der Waals surface area (Å²) in [5.74, 6) is -0.511. The largest absolute Gasteiger partial charge is 0.325 e. The number of carbonyl (C=O) groups is 1. The van der Waals surface area contributed by atoms with Crippen LogP contribution in [0.5, 0.6) is 0 Å². The van der Waals surface area contributed by atoms with Crippen molar-refractivity contribution < 1.29 is 13.2 Å². The van der Waals surface area contributed by atoms with E-state index in [1.807, 2.05) is 0 Å². The second kappa shape index (κ2) is 7.31. The Labute approximate surface area is 144 Å². The molecule has 2 aromatic carbocycles. The van der Waals surface area contributed by atoms with Gasteiger partial charge in [-0.15, -0.1) is 0 Å². The highest BCUT2D eigenvalue weighted by Gasteiger charge is 2.22. The molecule has 0 aliphatic heterocycles. The molecule has 0 unspecified atom stereocenters. The summed E-state index contributed by atoms with van der Waals surface area (Å²) in [5.41, 5.74) is 0.426. The van der Waals surface area contributed by atoms with Crippen LogP contribution in [0.15, 0.2) is 53.4 Å². The minimum Gasteiger partial charge on any atom is -0.325 e. The van der Waals surface area contributed by atoms with E-state index in [4.69, 9.17) is 23.2 Å². The fraction of sp³-hybridized carbons (Fsp3) is 0.133. The van der Waals surface area contributed by atoms with E-state index >= 15 is 0 Å². The van der Waals surface area contributed by atoms with Gasteiger partial charge in [0.15, 0.2) is 0 Å². The van der Waals surface area contributed by atoms with E-state index in [2.05, 4.69) is 10.0 Å². The average Bonchev–Trinajstić information content (AvgIpc) is 2.51. The van der Waals surface area contributed by atoms with Crippen LogP contribution >= 0.6 is 23.2 Å². The van der Waals surface area contributed by atoms with Gasteiger partial charge in [-0.2, -0.15) is 4.72 Å². The average molecular weight is 373 g/mol. The fourth-order valence-electron chi connectivity index (χ4n) is 1.78. The zero-order chi connectivity index (χ0) is 17.0. The number of rotatable bonds is 5. The van der Waals surface area contributed by atoms with Gasteiger partial charge < -0.3 is 5.32 Å². The first-order chi connectivity index (χ1) is 10.8. The summed E-state index contributed by atoms with van der Waals surface area (Å²) in [5, 5.41) is 3.23. The summed E-state index contributed by atoms with van der Waals surface area (Å²) in [6.07, 6.45) is 0. The van der Waals surface area contributed by atoms with Crippen LogP contribution in [0, 0.1) is 0 Å². The van der Waals surface area contributed by atoms with Crippen molar-refractivity contribution >= 4 is 44.8 Å². The number of benzene rings is 2. The molecule has 0 fully saturated rings. The molecule has 0 aliphatic rings. The summed E-state index contributed by atoms with van der Waals surface area (Å²) in [4.78, 5) is 12.2. The van der Waals surface area contributed by atoms with Crippen molar-refractivity contribution in [2.24, 2.45) is 0 Å². The number of hydrogen-bond acceptors (Lipinski definition) is 3. The standard InChI is InChI=1S/C15H14Cl2N2O3S/c1-10(19-23(21,22)12-5-3-2-4-6-12)15(20)18-11-7-8-13(16)14(17)9-11/h2-10,19H,1H3,(H,18,20)/t10-/m1/s1. The Morgan fingerprint density at radius 1 is 1.04 bits per heavy atom. The number of carbonyl (C=O) groups excluding carboxylic acids is 1. The molecule has 0 spiro atoms. The Bertz CT molecular complexity index is 811. The van der Waals surface area contributed by atoms with Crippen molar-refractivity contribution in [3.05, 3.63) is 58.6 Å². The lowest BCUT2D eigenvalue weighted by atomic mass is 10.3. The molecule has 0 heterocycles. The number of hydrogen-bond donors (Lipinski definition) is 2. The van der Waals surface area contributed by atoms with E-state index in [-0.39, 0.29) is 4.90 Å². The maximum absolute atomic E-state index is 12.2. The second-order valence-corrected chi connectivity index (χ2v) is 7.30. The molecule has 1 atom stereocenters. The van der Waals surface area contributed by atoms with Gasteiger partial charge in [0.05, 0.1) is 21.0 Å². The zero-order valence-corrected chi connectivity index (χ0v) is 14.4. The van der Waals surface area contributed by atoms with Gasteiger partial charge in [0, 0.05) is 5.69 Å². The summed E-state index contributed by atoms with van der Waals surface area (Å²) in [6, 6.07) is 11.5. The van der Waals surface area contributed by atoms with Crippen LogP contribution in [-0.4, -0.2) is 20.4 Å². The predicted molar refractivity (Wildman–Crippen MR) is 91.3 cm³/mol. The van der Waals surface area contributed by atoms with Crippen LogP contribution in [0.3, 0.4) is 0 Å². The number of amides is 1. The molecule has 5 nitrogen and oxygen atoms in total. The smallest absolute Gasteiger partial charge is 0.242 e. The molecule has 2 aromatic rings. The SMILES string of the molecule is C[C@@H](NS(=O)(=O)c1ccccc1)C(=O)Nc1ccc(Cl)c(Cl)c1. The molecule has 0 saturated carbocycles. The highest BCUT2D eigenvalue weighted by Crippen LogP contribution is 2.25. The van der Waals surface area contributed by atoms with Crippen LogP contribution in [-0.2, 0) is 14.8 Å². The van der Waals surface area contributed by atoms with Gasteiger partial charge >= 0.3 is 0 Å². The zero-order valence-electron chi connectivity index (χ0n) is 12.1.